The number of hydrogen-bond acceptors (Lipinski definition) is 5. The van der Waals surface area contributed by atoms with Gasteiger partial charge in [0.1, 0.15) is 6.33 Å². The van der Waals surface area contributed by atoms with Gasteiger partial charge in [-0.3, -0.25) is 4.79 Å². The standard InChI is InChI=1S/C18H14BrN7O/c19-14-10-21-25(11-14)17-4-2-1-3-16(17)22-18(27)9-13-5-7-15(8-6-13)26-12-20-23-24-26/h1-8,10-12H,9H2,(H,22,27). The molecule has 2 aromatic carbocycles. The number of para-hydroxylation sites is 2. The molecule has 0 aliphatic carbocycles. The summed E-state index contributed by atoms with van der Waals surface area (Å²) in [5, 5.41) is 18.3. The maximum absolute atomic E-state index is 12.5. The Labute approximate surface area is 163 Å². The maximum Gasteiger partial charge on any atom is 0.228 e. The second-order valence-corrected chi connectivity index (χ2v) is 6.68. The first kappa shape index (κ1) is 17.1. The van der Waals surface area contributed by atoms with Crippen LogP contribution in [-0.2, 0) is 11.2 Å². The second kappa shape index (κ2) is 7.50. The van der Waals surface area contributed by atoms with Crippen LogP contribution in [0, 0.1) is 0 Å². The van der Waals surface area contributed by atoms with Crippen molar-refractivity contribution in [3.63, 3.8) is 0 Å². The number of halogens is 1. The molecule has 0 bridgehead atoms. The number of amides is 1. The van der Waals surface area contributed by atoms with E-state index in [1.807, 2.05) is 54.7 Å². The van der Waals surface area contributed by atoms with Gasteiger partial charge >= 0.3 is 0 Å². The quantitative estimate of drug-likeness (QED) is 0.532. The summed E-state index contributed by atoms with van der Waals surface area (Å²) in [4.78, 5) is 12.5. The van der Waals surface area contributed by atoms with Crippen LogP contribution in [0.2, 0.25) is 0 Å². The summed E-state index contributed by atoms with van der Waals surface area (Å²) in [7, 11) is 0. The highest BCUT2D eigenvalue weighted by atomic mass is 79.9. The summed E-state index contributed by atoms with van der Waals surface area (Å²) in [5.74, 6) is -0.108. The highest BCUT2D eigenvalue weighted by Crippen LogP contribution is 2.21. The Kier molecular flexibility index (Phi) is 4.75. The molecule has 8 nitrogen and oxygen atoms in total. The van der Waals surface area contributed by atoms with E-state index in [-0.39, 0.29) is 12.3 Å². The molecule has 0 aliphatic heterocycles. The Hall–Kier alpha value is -3.33. The number of nitrogens with one attached hydrogen (secondary N) is 1. The van der Waals surface area contributed by atoms with Crippen LogP contribution in [0.15, 0.2) is 71.7 Å². The number of tetrazole rings is 1. The zero-order chi connectivity index (χ0) is 18.6. The molecule has 1 amide bonds. The van der Waals surface area contributed by atoms with Gasteiger partial charge in [0.2, 0.25) is 5.91 Å². The summed E-state index contributed by atoms with van der Waals surface area (Å²) < 4.78 is 4.13. The largest absolute Gasteiger partial charge is 0.324 e. The van der Waals surface area contributed by atoms with E-state index >= 15 is 0 Å². The Morgan fingerprint density at radius 2 is 1.89 bits per heavy atom. The third-order valence-corrected chi connectivity index (χ3v) is 4.30. The van der Waals surface area contributed by atoms with E-state index in [4.69, 9.17) is 0 Å². The molecule has 1 N–H and O–H groups in total. The summed E-state index contributed by atoms with van der Waals surface area (Å²) in [6.07, 6.45) is 5.31. The minimum atomic E-state index is -0.108. The lowest BCUT2D eigenvalue weighted by atomic mass is 10.1. The molecule has 0 aliphatic rings. The molecule has 2 aromatic heterocycles. The van der Waals surface area contributed by atoms with Crippen molar-refractivity contribution in [3.8, 4) is 11.4 Å². The topological polar surface area (TPSA) is 90.5 Å². The van der Waals surface area contributed by atoms with Crippen molar-refractivity contribution in [2.24, 2.45) is 0 Å². The van der Waals surface area contributed by atoms with E-state index in [0.717, 1.165) is 21.4 Å². The molecule has 4 rings (SSSR count). The fourth-order valence-electron chi connectivity index (χ4n) is 2.64. The molecule has 27 heavy (non-hydrogen) atoms. The van der Waals surface area contributed by atoms with Crippen molar-refractivity contribution < 1.29 is 4.79 Å². The van der Waals surface area contributed by atoms with Gasteiger partial charge in [0.25, 0.3) is 0 Å². The first-order valence-corrected chi connectivity index (χ1v) is 8.90. The third-order valence-electron chi connectivity index (χ3n) is 3.89. The van der Waals surface area contributed by atoms with Crippen molar-refractivity contribution in [3.05, 3.63) is 77.3 Å². The maximum atomic E-state index is 12.5. The molecular weight excluding hydrogens is 410 g/mol. The molecule has 0 atom stereocenters. The van der Waals surface area contributed by atoms with E-state index in [1.165, 1.54) is 6.33 Å². The number of benzene rings is 2. The van der Waals surface area contributed by atoms with E-state index in [9.17, 15) is 4.79 Å². The van der Waals surface area contributed by atoms with Crippen LogP contribution in [0.4, 0.5) is 5.69 Å². The van der Waals surface area contributed by atoms with Crippen LogP contribution in [0.25, 0.3) is 11.4 Å². The zero-order valence-corrected chi connectivity index (χ0v) is 15.6. The molecule has 0 unspecified atom stereocenters. The molecule has 4 aromatic rings. The Morgan fingerprint density at radius 3 is 2.59 bits per heavy atom. The number of aromatic nitrogens is 6. The van der Waals surface area contributed by atoms with Crippen LogP contribution < -0.4 is 5.32 Å². The van der Waals surface area contributed by atoms with Crippen LogP contribution in [0.3, 0.4) is 0 Å². The average Bonchev–Trinajstić information content (AvgIpc) is 3.35. The van der Waals surface area contributed by atoms with Gasteiger partial charge in [-0.15, -0.1) is 5.10 Å². The molecule has 9 heteroatoms. The number of nitrogens with zero attached hydrogens (tertiary/aromatic N) is 6. The summed E-state index contributed by atoms with van der Waals surface area (Å²) in [6.45, 7) is 0. The van der Waals surface area contributed by atoms with Crippen LogP contribution >= 0.6 is 15.9 Å². The second-order valence-electron chi connectivity index (χ2n) is 5.77. The number of anilines is 1. The van der Waals surface area contributed by atoms with Crippen molar-refractivity contribution in [2.75, 3.05) is 5.32 Å². The van der Waals surface area contributed by atoms with E-state index in [2.05, 4.69) is 41.9 Å². The fraction of sp³-hybridized carbons (Fsp3) is 0.0556. The molecule has 0 fully saturated rings. The SMILES string of the molecule is O=C(Cc1ccc(-n2cnnn2)cc1)Nc1ccccc1-n1cc(Br)cn1. The lowest BCUT2D eigenvalue weighted by Crippen LogP contribution is -2.16. The van der Waals surface area contributed by atoms with Gasteiger partial charge in [0.15, 0.2) is 0 Å². The minimum absolute atomic E-state index is 0.108. The van der Waals surface area contributed by atoms with Crippen LogP contribution in [0.5, 0.6) is 0 Å². The van der Waals surface area contributed by atoms with Crippen molar-refractivity contribution in [1.29, 1.82) is 0 Å². The predicted molar refractivity (Wildman–Crippen MR) is 103 cm³/mol. The lowest BCUT2D eigenvalue weighted by molar-refractivity contribution is -0.115. The number of carbonyl (C=O) groups excluding carboxylic acids is 1. The molecule has 0 spiro atoms. The van der Waals surface area contributed by atoms with Gasteiger partial charge in [0, 0.05) is 6.20 Å². The number of carbonyl (C=O) groups is 1. The first-order chi connectivity index (χ1) is 13.2. The minimum Gasteiger partial charge on any atom is -0.324 e. The Balaban J connectivity index is 1.47. The number of rotatable bonds is 5. The molecule has 2 heterocycles. The lowest BCUT2D eigenvalue weighted by Gasteiger charge is -2.11. The fourth-order valence-corrected chi connectivity index (χ4v) is 2.92. The van der Waals surface area contributed by atoms with Gasteiger partial charge < -0.3 is 5.32 Å². The van der Waals surface area contributed by atoms with E-state index < -0.39 is 0 Å². The molecular formula is C18H14BrN7O. The van der Waals surface area contributed by atoms with E-state index in [1.54, 1.807) is 15.6 Å². The van der Waals surface area contributed by atoms with E-state index in [0.29, 0.717) is 5.69 Å². The molecule has 134 valence electrons. The van der Waals surface area contributed by atoms with Crippen LogP contribution in [-0.4, -0.2) is 35.9 Å². The monoisotopic (exact) mass is 423 g/mol. The molecule has 0 saturated carbocycles. The van der Waals surface area contributed by atoms with Crippen LogP contribution in [0.1, 0.15) is 5.56 Å². The number of hydrogen-bond donors (Lipinski definition) is 1. The van der Waals surface area contributed by atoms with Crippen molar-refractivity contribution >= 4 is 27.5 Å². The normalized spacial score (nSPS) is 10.7. The first-order valence-electron chi connectivity index (χ1n) is 8.11. The van der Waals surface area contributed by atoms with Gasteiger partial charge in [-0.05, 0) is 56.2 Å². The highest BCUT2D eigenvalue weighted by molar-refractivity contribution is 9.10. The van der Waals surface area contributed by atoms with Gasteiger partial charge in [-0.2, -0.15) is 5.10 Å². The summed E-state index contributed by atoms with van der Waals surface area (Å²) in [6, 6.07) is 15.0. The Bertz CT molecular complexity index is 1060. The average molecular weight is 424 g/mol. The summed E-state index contributed by atoms with van der Waals surface area (Å²) >= 11 is 3.38. The smallest absolute Gasteiger partial charge is 0.228 e. The highest BCUT2D eigenvalue weighted by Gasteiger charge is 2.10. The van der Waals surface area contributed by atoms with Gasteiger partial charge in [-0.1, -0.05) is 24.3 Å². The van der Waals surface area contributed by atoms with Gasteiger partial charge in [-0.25, -0.2) is 9.36 Å². The third kappa shape index (κ3) is 3.93. The van der Waals surface area contributed by atoms with Crippen molar-refractivity contribution in [1.82, 2.24) is 30.0 Å². The molecule has 0 saturated heterocycles. The van der Waals surface area contributed by atoms with Crippen molar-refractivity contribution in [2.45, 2.75) is 6.42 Å². The Morgan fingerprint density at radius 1 is 1.07 bits per heavy atom. The predicted octanol–water partition coefficient (Wildman–Crippen LogP) is 2.79. The molecule has 0 radical (unpaired) electrons. The zero-order valence-electron chi connectivity index (χ0n) is 14.0. The van der Waals surface area contributed by atoms with Gasteiger partial charge in [0.05, 0.1) is 34.2 Å². The summed E-state index contributed by atoms with van der Waals surface area (Å²) in [5.41, 5.74) is 3.22.